The van der Waals surface area contributed by atoms with Gasteiger partial charge in [-0.3, -0.25) is 0 Å². The van der Waals surface area contributed by atoms with Gasteiger partial charge in [-0.05, 0) is 38.9 Å². The second kappa shape index (κ2) is 7.96. The van der Waals surface area contributed by atoms with Crippen LogP contribution in [0.1, 0.15) is 31.1 Å². The Morgan fingerprint density at radius 2 is 2.10 bits per heavy atom. The fourth-order valence-electron chi connectivity index (χ4n) is 2.70. The predicted octanol–water partition coefficient (Wildman–Crippen LogP) is 2.18. The van der Waals surface area contributed by atoms with Crippen LogP contribution in [-0.2, 0) is 6.54 Å². The zero-order valence-corrected chi connectivity index (χ0v) is 14.5. The lowest BCUT2D eigenvalue weighted by molar-refractivity contribution is 0.197. The highest BCUT2D eigenvalue weighted by Crippen LogP contribution is 2.30. The molecule has 0 aromatic carbocycles. The zero-order chi connectivity index (χ0) is 15.2. The lowest BCUT2D eigenvalue weighted by atomic mass is 10.0. The minimum absolute atomic E-state index is 0.618. The van der Waals surface area contributed by atoms with Crippen molar-refractivity contribution in [2.45, 2.75) is 38.8 Å². The number of rotatable bonds is 7. The molecule has 0 amide bonds. The van der Waals surface area contributed by atoms with Gasteiger partial charge in [-0.1, -0.05) is 18.3 Å². The first kappa shape index (κ1) is 16.5. The van der Waals surface area contributed by atoms with Crippen LogP contribution in [0.5, 0.6) is 5.88 Å². The molecule has 0 radical (unpaired) electrons. The Kier molecular flexibility index (Phi) is 6.26. The van der Waals surface area contributed by atoms with Crippen molar-refractivity contribution in [3.8, 4) is 5.88 Å². The van der Waals surface area contributed by atoms with E-state index in [9.17, 15) is 0 Å². The van der Waals surface area contributed by atoms with E-state index in [1.165, 1.54) is 43.8 Å². The van der Waals surface area contributed by atoms with Crippen molar-refractivity contribution in [3.63, 3.8) is 0 Å². The number of aromatic nitrogens is 1. The van der Waals surface area contributed by atoms with Crippen molar-refractivity contribution in [2.24, 2.45) is 0 Å². The van der Waals surface area contributed by atoms with E-state index in [1.807, 2.05) is 19.0 Å². The maximum absolute atomic E-state index is 5.39. The van der Waals surface area contributed by atoms with E-state index >= 15 is 0 Å². The summed E-state index contributed by atoms with van der Waals surface area (Å²) in [5, 5.41) is 4.67. The molecular formula is C15H28N4OS. The van der Waals surface area contributed by atoms with Crippen LogP contribution in [-0.4, -0.2) is 56.8 Å². The topological polar surface area (TPSA) is 40.6 Å². The molecule has 21 heavy (non-hydrogen) atoms. The number of ether oxygens (including phenoxy) is 1. The average Bonchev–Trinajstić information content (AvgIpc) is 2.90. The zero-order valence-electron chi connectivity index (χ0n) is 13.7. The fraction of sp³-hybridized carbons (Fsp3) is 0.800. The second-order valence-corrected chi connectivity index (χ2v) is 6.88. The summed E-state index contributed by atoms with van der Waals surface area (Å²) in [6.45, 7) is 6.78. The van der Waals surface area contributed by atoms with Gasteiger partial charge < -0.3 is 19.9 Å². The number of nitrogens with one attached hydrogen (secondary N) is 1. The van der Waals surface area contributed by atoms with Gasteiger partial charge in [0, 0.05) is 26.7 Å². The summed E-state index contributed by atoms with van der Waals surface area (Å²) in [6, 6.07) is 0.618. The molecule has 0 atom stereocenters. The first-order valence-corrected chi connectivity index (χ1v) is 8.62. The molecule has 1 saturated heterocycles. The van der Waals surface area contributed by atoms with Crippen LogP contribution in [0.4, 0.5) is 5.13 Å². The number of piperidine rings is 1. The molecule has 2 rings (SSSR count). The van der Waals surface area contributed by atoms with E-state index in [0.29, 0.717) is 6.04 Å². The van der Waals surface area contributed by atoms with Gasteiger partial charge >= 0.3 is 0 Å². The maximum atomic E-state index is 5.39. The summed E-state index contributed by atoms with van der Waals surface area (Å²) in [5.74, 6) is 0.764. The summed E-state index contributed by atoms with van der Waals surface area (Å²) in [4.78, 5) is 10.3. The van der Waals surface area contributed by atoms with Crippen molar-refractivity contribution in [1.29, 1.82) is 0 Å². The number of nitrogens with zero attached hydrogens (tertiary/aromatic N) is 3. The van der Waals surface area contributed by atoms with Gasteiger partial charge in [0.15, 0.2) is 5.13 Å². The molecule has 1 N–H and O–H groups in total. The summed E-state index contributed by atoms with van der Waals surface area (Å²) in [5.41, 5.74) is 0. The number of hydrogen-bond acceptors (Lipinski definition) is 6. The number of thiazole rings is 1. The number of likely N-dealkylation sites (tertiary alicyclic amines) is 1. The van der Waals surface area contributed by atoms with Gasteiger partial charge in [0.05, 0.1) is 12.0 Å². The molecular weight excluding hydrogens is 284 g/mol. The highest BCUT2D eigenvalue weighted by Gasteiger charge is 2.19. The molecule has 1 aromatic rings. The molecule has 1 aromatic heterocycles. The van der Waals surface area contributed by atoms with Crippen molar-refractivity contribution in [3.05, 3.63) is 4.88 Å². The summed E-state index contributed by atoms with van der Waals surface area (Å²) < 4.78 is 5.39. The third kappa shape index (κ3) is 4.56. The molecule has 2 heterocycles. The van der Waals surface area contributed by atoms with E-state index in [0.717, 1.165) is 17.6 Å². The lowest BCUT2D eigenvalue weighted by Gasteiger charge is -2.32. The van der Waals surface area contributed by atoms with Crippen molar-refractivity contribution < 1.29 is 4.74 Å². The first-order valence-electron chi connectivity index (χ1n) is 7.80. The number of anilines is 1. The van der Waals surface area contributed by atoms with Crippen molar-refractivity contribution >= 4 is 16.5 Å². The lowest BCUT2D eigenvalue weighted by Crippen LogP contribution is -2.42. The molecule has 120 valence electrons. The highest BCUT2D eigenvalue weighted by molar-refractivity contribution is 7.15. The van der Waals surface area contributed by atoms with Gasteiger partial charge in [-0.2, -0.15) is 4.98 Å². The Hall–Kier alpha value is -0.850. The molecule has 6 heteroatoms. The smallest absolute Gasteiger partial charge is 0.230 e. The third-order valence-electron chi connectivity index (χ3n) is 3.90. The van der Waals surface area contributed by atoms with Crippen LogP contribution in [0.3, 0.4) is 0 Å². The third-order valence-corrected chi connectivity index (χ3v) is 5.11. The minimum atomic E-state index is 0.618. The molecule has 1 aliphatic heterocycles. The molecule has 0 saturated carbocycles. The fourth-order valence-corrected chi connectivity index (χ4v) is 3.61. The van der Waals surface area contributed by atoms with Gasteiger partial charge in [0.25, 0.3) is 0 Å². The summed E-state index contributed by atoms with van der Waals surface area (Å²) in [6.07, 6.45) is 3.73. The minimum Gasteiger partial charge on any atom is -0.480 e. The highest BCUT2D eigenvalue weighted by atomic mass is 32.1. The first-order chi connectivity index (χ1) is 10.1. The van der Waals surface area contributed by atoms with Crippen LogP contribution in [0.15, 0.2) is 0 Å². The Labute approximate surface area is 132 Å². The molecule has 5 nitrogen and oxygen atoms in total. The summed E-state index contributed by atoms with van der Waals surface area (Å²) in [7, 11) is 5.72. The predicted molar refractivity (Wildman–Crippen MR) is 89.6 cm³/mol. The van der Waals surface area contributed by atoms with Crippen LogP contribution in [0.25, 0.3) is 0 Å². The monoisotopic (exact) mass is 312 g/mol. The van der Waals surface area contributed by atoms with Crippen LogP contribution in [0, 0.1) is 0 Å². The number of hydrogen-bond donors (Lipinski definition) is 1. The van der Waals surface area contributed by atoms with Crippen LogP contribution >= 0.6 is 11.3 Å². The van der Waals surface area contributed by atoms with Crippen LogP contribution < -0.4 is 15.0 Å². The average molecular weight is 312 g/mol. The van der Waals surface area contributed by atoms with E-state index < -0.39 is 0 Å². The molecule has 1 fully saturated rings. The molecule has 0 aliphatic carbocycles. The van der Waals surface area contributed by atoms with Gasteiger partial charge in [-0.15, -0.1) is 0 Å². The van der Waals surface area contributed by atoms with E-state index in [1.54, 1.807) is 18.4 Å². The Balaban J connectivity index is 1.83. The molecule has 1 aliphatic rings. The van der Waals surface area contributed by atoms with E-state index in [2.05, 4.69) is 22.1 Å². The van der Waals surface area contributed by atoms with Crippen molar-refractivity contribution in [1.82, 2.24) is 15.2 Å². The van der Waals surface area contributed by atoms with Crippen molar-refractivity contribution in [2.75, 3.05) is 45.7 Å². The van der Waals surface area contributed by atoms with Gasteiger partial charge in [0.1, 0.15) is 0 Å². The van der Waals surface area contributed by atoms with Crippen LogP contribution in [0.2, 0.25) is 0 Å². The SMILES string of the molecule is CCCN1CCC(NCc2sc(N(C)C)nc2OC)CC1. The quantitative estimate of drug-likeness (QED) is 0.836. The van der Waals surface area contributed by atoms with E-state index in [4.69, 9.17) is 4.74 Å². The largest absolute Gasteiger partial charge is 0.480 e. The van der Waals surface area contributed by atoms with Gasteiger partial charge in [-0.25, -0.2) is 0 Å². The summed E-state index contributed by atoms with van der Waals surface area (Å²) >= 11 is 1.71. The Morgan fingerprint density at radius 1 is 1.38 bits per heavy atom. The maximum Gasteiger partial charge on any atom is 0.230 e. The Bertz CT molecular complexity index is 427. The molecule has 0 spiro atoms. The van der Waals surface area contributed by atoms with Gasteiger partial charge in [0.2, 0.25) is 5.88 Å². The molecule has 0 unspecified atom stereocenters. The standard InChI is InChI=1S/C15H28N4OS/c1-5-8-19-9-6-12(7-10-19)16-11-13-14(20-4)17-15(21-13)18(2)3/h12,16H,5-11H2,1-4H3. The number of methoxy groups -OCH3 is 1. The Morgan fingerprint density at radius 3 is 2.67 bits per heavy atom. The normalized spacial score (nSPS) is 17.1. The molecule has 0 bridgehead atoms. The van der Waals surface area contributed by atoms with E-state index in [-0.39, 0.29) is 0 Å². The second-order valence-electron chi connectivity index (χ2n) is 5.82.